The van der Waals surface area contributed by atoms with Crippen LogP contribution in [0.15, 0.2) is 72.8 Å². The fourth-order valence-electron chi connectivity index (χ4n) is 4.68. The van der Waals surface area contributed by atoms with Gasteiger partial charge >= 0.3 is 0 Å². The first-order valence-electron chi connectivity index (χ1n) is 11.4. The van der Waals surface area contributed by atoms with Crippen LogP contribution < -0.4 is 10.6 Å². The number of carbonyl (C=O) groups excluding carboxylic acids is 1. The molecule has 0 aliphatic carbocycles. The van der Waals surface area contributed by atoms with Crippen LogP contribution in [0.5, 0.6) is 0 Å². The lowest BCUT2D eigenvalue weighted by Crippen LogP contribution is -2.24. The molecule has 0 spiro atoms. The normalized spacial score (nSPS) is 13.4. The second-order valence-electron chi connectivity index (χ2n) is 8.52. The summed E-state index contributed by atoms with van der Waals surface area (Å²) in [6.07, 6.45) is 0.964. The largest absolute Gasteiger partial charge is 0.358 e. The van der Waals surface area contributed by atoms with Gasteiger partial charge in [0.1, 0.15) is 5.82 Å². The molecule has 5 aromatic rings. The number of nitrogens with zero attached hydrogens (tertiary/aromatic N) is 2. The fraction of sp³-hybridized carbons (Fsp3) is 0.185. The molecule has 0 atom stereocenters. The number of carbonyl (C=O) groups is 1. The van der Waals surface area contributed by atoms with Gasteiger partial charge < -0.3 is 20.2 Å². The monoisotopic (exact) mass is 435 g/mol. The van der Waals surface area contributed by atoms with E-state index in [4.69, 9.17) is 4.98 Å². The number of amides is 1. The van der Waals surface area contributed by atoms with Crippen LogP contribution in [-0.2, 0) is 19.5 Å². The Morgan fingerprint density at radius 3 is 2.76 bits per heavy atom. The van der Waals surface area contributed by atoms with Crippen molar-refractivity contribution in [1.82, 2.24) is 25.2 Å². The first-order chi connectivity index (χ1) is 16.3. The van der Waals surface area contributed by atoms with Crippen molar-refractivity contribution in [2.75, 3.05) is 13.1 Å². The molecule has 0 radical (unpaired) electrons. The maximum absolute atomic E-state index is 12.4. The minimum Gasteiger partial charge on any atom is -0.358 e. The van der Waals surface area contributed by atoms with E-state index in [1.54, 1.807) is 0 Å². The number of benzene rings is 3. The van der Waals surface area contributed by atoms with E-state index < -0.39 is 0 Å². The summed E-state index contributed by atoms with van der Waals surface area (Å²) in [7, 11) is 0. The summed E-state index contributed by atoms with van der Waals surface area (Å²) in [5.41, 5.74) is 7.22. The molecule has 6 rings (SSSR count). The number of nitrogens with one attached hydrogen (secondary N) is 3. The van der Waals surface area contributed by atoms with E-state index in [9.17, 15) is 4.79 Å². The minimum atomic E-state index is -0.0281. The number of imidazole rings is 1. The molecule has 6 heteroatoms. The molecule has 3 heterocycles. The molecule has 1 amide bonds. The maximum atomic E-state index is 12.4. The third kappa shape index (κ3) is 3.68. The van der Waals surface area contributed by atoms with Gasteiger partial charge in [0.2, 0.25) is 0 Å². The highest BCUT2D eigenvalue weighted by atomic mass is 16.1. The highest BCUT2D eigenvalue weighted by Gasteiger charge is 2.21. The van der Waals surface area contributed by atoms with E-state index in [1.807, 2.05) is 18.2 Å². The summed E-state index contributed by atoms with van der Waals surface area (Å²) < 4.78 is 2.16. The lowest BCUT2D eigenvalue weighted by Gasteiger charge is -2.09. The number of hydrogen-bond donors (Lipinski definition) is 3. The molecular formula is C27H25N5O. The highest BCUT2D eigenvalue weighted by Crippen LogP contribution is 2.28. The molecule has 1 aliphatic rings. The van der Waals surface area contributed by atoms with Crippen LogP contribution in [0.2, 0.25) is 0 Å². The van der Waals surface area contributed by atoms with Crippen LogP contribution in [-0.4, -0.2) is 33.5 Å². The molecule has 3 N–H and O–H groups in total. The molecule has 0 saturated carbocycles. The Hall–Kier alpha value is -3.90. The Bertz CT molecular complexity index is 1430. The Morgan fingerprint density at radius 2 is 1.88 bits per heavy atom. The van der Waals surface area contributed by atoms with Crippen molar-refractivity contribution in [3.8, 4) is 11.4 Å². The molecule has 3 aromatic carbocycles. The van der Waals surface area contributed by atoms with E-state index in [2.05, 4.69) is 74.8 Å². The number of fused-ring (bicyclic) bond motifs is 1. The Labute approximate surface area is 191 Å². The molecule has 0 saturated heterocycles. The first-order valence-corrected chi connectivity index (χ1v) is 11.4. The number of para-hydroxylation sites is 2. The molecule has 2 aromatic heterocycles. The zero-order valence-corrected chi connectivity index (χ0v) is 18.3. The molecule has 0 bridgehead atoms. The van der Waals surface area contributed by atoms with Crippen LogP contribution in [0.3, 0.4) is 0 Å². The van der Waals surface area contributed by atoms with Crippen LogP contribution in [0.4, 0.5) is 0 Å². The molecule has 33 heavy (non-hydrogen) atoms. The zero-order valence-electron chi connectivity index (χ0n) is 18.3. The summed E-state index contributed by atoms with van der Waals surface area (Å²) in [6, 6.07) is 24.9. The second kappa shape index (κ2) is 8.22. The van der Waals surface area contributed by atoms with Gasteiger partial charge in [0, 0.05) is 43.0 Å². The van der Waals surface area contributed by atoms with Gasteiger partial charge in [0.25, 0.3) is 5.91 Å². The van der Waals surface area contributed by atoms with Gasteiger partial charge in [-0.1, -0.05) is 48.5 Å². The fourth-order valence-corrected chi connectivity index (χ4v) is 4.68. The van der Waals surface area contributed by atoms with Crippen molar-refractivity contribution in [3.63, 3.8) is 0 Å². The number of aromatic amines is 1. The quantitative estimate of drug-likeness (QED) is 0.349. The predicted octanol–water partition coefficient (Wildman–Crippen LogP) is 4.26. The van der Waals surface area contributed by atoms with Crippen molar-refractivity contribution in [3.05, 3.63) is 89.6 Å². The number of rotatable bonds is 6. The predicted molar refractivity (Wildman–Crippen MR) is 131 cm³/mol. The van der Waals surface area contributed by atoms with E-state index in [0.717, 1.165) is 41.9 Å². The number of H-pyrrole nitrogens is 1. The van der Waals surface area contributed by atoms with Gasteiger partial charge in [-0.2, -0.15) is 0 Å². The lowest BCUT2D eigenvalue weighted by atomic mass is 10.1. The van der Waals surface area contributed by atoms with Gasteiger partial charge in [0.15, 0.2) is 0 Å². The third-order valence-corrected chi connectivity index (χ3v) is 6.33. The van der Waals surface area contributed by atoms with Gasteiger partial charge in [-0.3, -0.25) is 4.79 Å². The van der Waals surface area contributed by atoms with Gasteiger partial charge in [-0.15, -0.1) is 0 Å². The van der Waals surface area contributed by atoms with E-state index in [0.29, 0.717) is 18.7 Å². The summed E-state index contributed by atoms with van der Waals surface area (Å²) in [5.74, 6) is 0.881. The van der Waals surface area contributed by atoms with Crippen molar-refractivity contribution in [2.24, 2.45) is 0 Å². The summed E-state index contributed by atoms with van der Waals surface area (Å²) in [6.45, 7) is 3.05. The van der Waals surface area contributed by atoms with Gasteiger partial charge in [-0.25, -0.2) is 4.98 Å². The van der Waals surface area contributed by atoms with Crippen molar-refractivity contribution < 1.29 is 4.79 Å². The molecule has 0 fully saturated rings. The summed E-state index contributed by atoms with van der Waals surface area (Å²) >= 11 is 0. The minimum absolute atomic E-state index is 0.0281. The standard InChI is InChI=1S/C27H25N5O/c33-27-22-5-3-7-24-25(22)32(15-14-29-27)26(31-24)19-10-8-18(9-11-19)17-28-13-12-21-16-20-4-1-2-6-23(20)30-21/h1-11,16,28,30H,12-15,17H2,(H,29,33). The smallest absolute Gasteiger partial charge is 0.253 e. The van der Waals surface area contributed by atoms with Crippen LogP contribution in [0.25, 0.3) is 33.3 Å². The maximum Gasteiger partial charge on any atom is 0.253 e. The molecule has 164 valence electrons. The van der Waals surface area contributed by atoms with Gasteiger partial charge in [0.05, 0.1) is 16.6 Å². The van der Waals surface area contributed by atoms with E-state index >= 15 is 0 Å². The Morgan fingerprint density at radius 1 is 1.00 bits per heavy atom. The van der Waals surface area contributed by atoms with E-state index in [-0.39, 0.29) is 5.91 Å². The van der Waals surface area contributed by atoms with Crippen molar-refractivity contribution >= 4 is 27.8 Å². The molecule has 0 unspecified atom stereocenters. The molecular weight excluding hydrogens is 410 g/mol. The zero-order chi connectivity index (χ0) is 22.2. The molecule has 1 aliphatic heterocycles. The Kier molecular flexibility index (Phi) is 4.92. The number of aromatic nitrogens is 3. The Balaban J connectivity index is 1.15. The van der Waals surface area contributed by atoms with Crippen LogP contribution in [0.1, 0.15) is 21.6 Å². The van der Waals surface area contributed by atoms with Crippen molar-refractivity contribution in [1.29, 1.82) is 0 Å². The third-order valence-electron chi connectivity index (χ3n) is 6.33. The van der Waals surface area contributed by atoms with Crippen LogP contribution >= 0.6 is 0 Å². The highest BCUT2D eigenvalue weighted by molar-refractivity contribution is 6.06. The lowest BCUT2D eigenvalue weighted by molar-refractivity contribution is 0.0956. The average molecular weight is 436 g/mol. The van der Waals surface area contributed by atoms with Gasteiger partial charge in [-0.05, 0) is 41.6 Å². The van der Waals surface area contributed by atoms with Crippen molar-refractivity contribution in [2.45, 2.75) is 19.5 Å². The SMILES string of the molecule is O=C1NCCn2c(-c3ccc(CNCCc4cc5ccccc5[nH]4)cc3)nc3cccc1c32. The average Bonchev–Trinajstić information content (AvgIpc) is 3.38. The van der Waals surface area contributed by atoms with Crippen LogP contribution in [0, 0.1) is 0 Å². The summed E-state index contributed by atoms with van der Waals surface area (Å²) in [5, 5.41) is 7.78. The van der Waals surface area contributed by atoms with E-state index in [1.165, 1.54) is 22.2 Å². The molecule has 6 nitrogen and oxygen atoms in total. The topological polar surface area (TPSA) is 74.7 Å². The first kappa shape index (κ1) is 19.8. The second-order valence-corrected chi connectivity index (χ2v) is 8.52. The number of hydrogen-bond acceptors (Lipinski definition) is 3. The summed E-state index contributed by atoms with van der Waals surface area (Å²) in [4.78, 5) is 20.7.